The van der Waals surface area contributed by atoms with Crippen LogP contribution in [-0.2, 0) is 9.84 Å². The van der Waals surface area contributed by atoms with E-state index in [1.807, 2.05) is 0 Å². The molecule has 0 unspecified atom stereocenters. The number of aliphatic hydroxyl groups excluding tert-OH is 1. The molecule has 0 heterocycles. The van der Waals surface area contributed by atoms with Crippen molar-refractivity contribution in [2.24, 2.45) is 0 Å². The third-order valence-electron chi connectivity index (χ3n) is 2.38. The van der Waals surface area contributed by atoms with E-state index < -0.39 is 25.4 Å². The first-order valence-electron chi connectivity index (χ1n) is 4.48. The Labute approximate surface area is 102 Å². The van der Waals surface area contributed by atoms with Gasteiger partial charge in [0.25, 0.3) is 0 Å². The normalized spacial score (nSPS) is 17.8. The van der Waals surface area contributed by atoms with Crippen LogP contribution in [0.3, 0.4) is 0 Å². The minimum Gasteiger partial charge on any atom is -0.386 e. The van der Waals surface area contributed by atoms with Crippen molar-refractivity contribution in [1.29, 1.82) is 0 Å². The molecular weight excluding hydrogens is 299 g/mol. The summed E-state index contributed by atoms with van der Waals surface area (Å²) in [5.41, 5.74) is 0.213. The molecule has 0 aliphatic heterocycles. The van der Waals surface area contributed by atoms with Crippen LogP contribution in [0.5, 0.6) is 0 Å². The molecule has 0 amide bonds. The number of hydrogen-bond donors (Lipinski definition) is 1. The summed E-state index contributed by atoms with van der Waals surface area (Å²) in [5.74, 6) is -0.520. The monoisotopic (exact) mass is 310 g/mol. The van der Waals surface area contributed by atoms with E-state index >= 15 is 0 Å². The number of rotatable bonds is 3. The Kier molecular flexibility index (Phi) is 3.76. The quantitative estimate of drug-likeness (QED) is 0.869. The summed E-state index contributed by atoms with van der Waals surface area (Å²) in [6, 6.07) is 5.22. The fraction of sp³-hybridized carbons (Fsp3) is 0.400. The van der Waals surface area contributed by atoms with Crippen LogP contribution in [0.1, 0.15) is 18.6 Å². The van der Waals surface area contributed by atoms with Crippen LogP contribution in [0, 0.1) is 5.82 Å². The van der Waals surface area contributed by atoms with Crippen molar-refractivity contribution in [2.45, 2.75) is 16.7 Å². The number of benzene rings is 1. The molecule has 16 heavy (non-hydrogen) atoms. The third kappa shape index (κ3) is 2.61. The topological polar surface area (TPSA) is 54.4 Å². The number of aliphatic hydroxyl groups is 1. The van der Waals surface area contributed by atoms with Crippen LogP contribution < -0.4 is 0 Å². The van der Waals surface area contributed by atoms with Gasteiger partial charge in [0.15, 0.2) is 13.5 Å². The van der Waals surface area contributed by atoms with Crippen molar-refractivity contribution in [3.05, 3.63) is 35.6 Å². The van der Waals surface area contributed by atoms with E-state index in [2.05, 4.69) is 15.9 Å². The SMILES string of the molecule is C[C@@](Br)([C@@H](O)c1cccc(F)c1)S(C)(=O)=O. The summed E-state index contributed by atoms with van der Waals surface area (Å²) >= 11 is 2.97. The van der Waals surface area contributed by atoms with E-state index in [1.54, 1.807) is 0 Å². The van der Waals surface area contributed by atoms with Crippen molar-refractivity contribution < 1.29 is 17.9 Å². The largest absolute Gasteiger partial charge is 0.386 e. The second-order valence-electron chi connectivity index (χ2n) is 3.72. The molecule has 3 nitrogen and oxygen atoms in total. The molecular formula is C10H12BrFO3S. The van der Waals surface area contributed by atoms with Gasteiger partial charge >= 0.3 is 0 Å². The lowest BCUT2D eigenvalue weighted by Gasteiger charge is -2.26. The van der Waals surface area contributed by atoms with Gasteiger partial charge < -0.3 is 5.11 Å². The zero-order valence-electron chi connectivity index (χ0n) is 8.81. The number of hydrogen-bond acceptors (Lipinski definition) is 3. The summed E-state index contributed by atoms with van der Waals surface area (Å²) in [6.45, 7) is 1.33. The van der Waals surface area contributed by atoms with Gasteiger partial charge in [-0.3, -0.25) is 0 Å². The zero-order chi connectivity index (χ0) is 12.6. The second kappa shape index (κ2) is 4.43. The number of sulfone groups is 1. The smallest absolute Gasteiger partial charge is 0.165 e. The first-order chi connectivity index (χ1) is 7.16. The maximum atomic E-state index is 12.9. The summed E-state index contributed by atoms with van der Waals surface area (Å²) in [7, 11) is -3.52. The Hall–Kier alpha value is -0.460. The summed E-state index contributed by atoms with van der Waals surface area (Å²) < 4.78 is 34.3. The van der Waals surface area contributed by atoms with Crippen LogP contribution in [0.15, 0.2) is 24.3 Å². The van der Waals surface area contributed by atoms with Gasteiger partial charge in [-0.2, -0.15) is 0 Å². The van der Waals surface area contributed by atoms with E-state index in [1.165, 1.54) is 25.1 Å². The fourth-order valence-corrected chi connectivity index (χ4v) is 1.98. The Morgan fingerprint density at radius 2 is 2.06 bits per heavy atom. The molecule has 6 heteroatoms. The molecule has 0 aromatic heterocycles. The molecule has 1 N–H and O–H groups in total. The third-order valence-corrected chi connectivity index (χ3v) is 6.25. The van der Waals surface area contributed by atoms with Crippen LogP contribution in [-0.4, -0.2) is 23.4 Å². The van der Waals surface area contributed by atoms with Gasteiger partial charge in [-0.1, -0.05) is 28.1 Å². The van der Waals surface area contributed by atoms with E-state index in [4.69, 9.17) is 0 Å². The van der Waals surface area contributed by atoms with Crippen molar-refractivity contribution in [3.63, 3.8) is 0 Å². The maximum Gasteiger partial charge on any atom is 0.165 e. The first-order valence-corrected chi connectivity index (χ1v) is 7.16. The average molecular weight is 311 g/mol. The van der Waals surface area contributed by atoms with Gasteiger partial charge in [0.1, 0.15) is 11.9 Å². The van der Waals surface area contributed by atoms with Gasteiger partial charge in [0.2, 0.25) is 0 Å². The lowest BCUT2D eigenvalue weighted by Crippen LogP contribution is -2.34. The highest BCUT2D eigenvalue weighted by molar-refractivity contribution is 9.11. The van der Waals surface area contributed by atoms with Crippen LogP contribution >= 0.6 is 15.9 Å². The Morgan fingerprint density at radius 3 is 2.50 bits per heavy atom. The van der Waals surface area contributed by atoms with Crippen LogP contribution in [0.4, 0.5) is 4.39 Å². The molecule has 0 saturated carbocycles. The highest BCUT2D eigenvalue weighted by atomic mass is 79.9. The highest BCUT2D eigenvalue weighted by Gasteiger charge is 2.41. The van der Waals surface area contributed by atoms with Crippen LogP contribution in [0.2, 0.25) is 0 Å². The lowest BCUT2D eigenvalue weighted by molar-refractivity contribution is 0.167. The van der Waals surface area contributed by atoms with Gasteiger partial charge in [-0.05, 0) is 24.6 Å². The molecule has 1 aromatic carbocycles. The number of alkyl halides is 1. The summed E-state index contributed by atoms with van der Waals surface area (Å²) in [5, 5.41) is 9.92. The fourth-order valence-electron chi connectivity index (χ4n) is 1.18. The van der Waals surface area contributed by atoms with Crippen molar-refractivity contribution in [2.75, 3.05) is 6.26 Å². The van der Waals surface area contributed by atoms with E-state index in [-0.39, 0.29) is 5.56 Å². The average Bonchev–Trinajstić information content (AvgIpc) is 2.14. The molecule has 0 aliphatic carbocycles. The molecule has 1 aromatic rings. The van der Waals surface area contributed by atoms with E-state index in [9.17, 15) is 17.9 Å². The lowest BCUT2D eigenvalue weighted by atomic mass is 10.1. The van der Waals surface area contributed by atoms with Gasteiger partial charge in [0, 0.05) is 6.26 Å². The maximum absolute atomic E-state index is 12.9. The molecule has 0 spiro atoms. The van der Waals surface area contributed by atoms with Crippen molar-refractivity contribution in [1.82, 2.24) is 0 Å². The molecule has 0 radical (unpaired) electrons. The Bertz CT molecular complexity index is 485. The Balaban J connectivity index is 3.17. The molecule has 0 aliphatic rings. The predicted octanol–water partition coefficient (Wildman–Crippen LogP) is 2.01. The molecule has 2 atom stereocenters. The van der Waals surface area contributed by atoms with E-state index in [0.29, 0.717) is 0 Å². The van der Waals surface area contributed by atoms with Crippen molar-refractivity contribution >= 4 is 25.8 Å². The molecule has 90 valence electrons. The second-order valence-corrected chi connectivity index (χ2v) is 8.28. The molecule has 0 saturated heterocycles. The van der Waals surface area contributed by atoms with Gasteiger partial charge in [0.05, 0.1) is 0 Å². The van der Waals surface area contributed by atoms with Gasteiger partial charge in [-0.15, -0.1) is 0 Å². The minimum atomic E-state index is -3.52. The molecule has 1 rings (SSSR count). The molecule has 0 fully saturated rings. The highest BCUT2D eigenvalue weighted by Crippen LogP contribution is 2.37. The van der Waals surface area contributed by atoms with Gasteiger partial charge in [-0.25, -0.2) is 12.8 Å². The first kappa shape index (κ1) is 13.6. The summed E-state index contributed by atoms with van der Waals surface area (Å²) in [4.78, 5) is 0. The van der Waals surface area contributed by atoms with Crippen LogP contribution in [0.25, 0.3) is 0 Å². The van der Waals surface area contributed by atoms with E-state index in [0.717, 1.165) is 12.3 Å². The Morgan fingerprint density at radius 1 is 1.50 bits per heavy atom. The predicted molar refractivity (Wildman–Crippen MR) is 63.5 cm³/mol. The molecule has 0 bridgehead atoms. The standard InChI is InChI=1S/C10H12BrFO3S/c1-10(11,16(2,14)15)9(13)7-4-3-5-8(12)6-7/h3-6,9,13H,1-2H3/t9-,10-/m0/s1. The summed E-state index contributed by atoms with van der Waals surface area (Å²) in [6.07, 6.45) is -0.331. The minimum absolute atomic E-state index is 0.213. The number of halogens is 2. The van der Waals surface area contributed by atoms with Crippen molar-refractivity contribution in [3.8, 4) is 0 Å². The zero-order valence-corrected chi connectivity index (χ0v) is 11.2.